The highest BCUT2D eigenvalue weighted by atomic mass is 14.2. The SMILES string of the molecule is C=Cc1cc(Cc2ccc(C)cc2)cc(-c2cccc(C(C)(C)C)c2)c1. The molecule has 0 heterocycles. The molecular formula is C26H28. The number of hydrogen-bond acceptors (Lipinski definition) is 0. The zero-order valence-corrected chi connectivity index (χ0v) is 16.3. The van der Waals surface area contributed by atoms with Crippen LogP contribution in [0.15, 0.2) is 73.3 Å². The van der Waals surface area contributed by atoms with Crippen molar-refractivity contribution in [2.75, 3.05) is 0 Å². The monoisotopic (exact) mass is 340 g/mol. The Morgan fingerprint density at radius 2 is 1.54 bits per heavy atom. The second-order valence-electron chi connectivity index (χ2n) is 8.16. The van der Waals surface area contributed by atoms with E-state index in [2.05, 4.69) is 101 Å². The maximum Gasteiger partial charge on any atom is -0.00253 e. The van der Waals surface area contributed by atoms with E-state index in [1.54, 1.807) is 0 Å². The second-order valence-corrected chi connectivity index (χ2v) is 8.16. The van der Waals surface area contributed by atoms with Crippen molar-refractivity contribution in [3.05, 3.63) is 101 Å². The summed E-state index contributed by atoms with van der Waals surface area (Å²) in [6, 6.07) is 24.5. The Balaban J connectivity index is 2.00. The molecule has 0 heteroatoms. The lowest BCUT2D eigenvalue weighted by atomic mass is 9.85. The van der Waals surface area contributed by atoms with Crippen molar-refractivity contribution in [1.82, 2.24) is 0 Å². The van der Waals surface area contributed by atoms with E-state index in [0.717, 1.165) is 6.42 Å². The number of hydrogen-bond donors (Lipinski definition) is 0. The molecule has 0 aromatic heterocycles. The molecule has 3 aromatic carbocycles. The van der Waals surface area contributed by atoms with Crippen molar-refractivity contribution in [3.8, 4) is 11.1 Å². The third kappa shape index (κ3) is 4.32. The molecule has 0 N–H and O–H groups in total. The summed E-state index contributed by atoms with van der Waals surface area (Å²) in [5, 5.41) is 0. The van der Waals surface area contributed by atoms with Gasteiger partial charge in [-0.05, 0) is 58.2 Å². The molecule has 3 rings (SSSR count). The van der Waals surface area contributed by atoms with Crippen molar-refractivity contribution >= 4 is 6.08 Å². The molecule has 132 valence electrons. The van der Waals surface area contributed by atoms with Gasteiger partial charge in [0.2, 0.25) is 0 Å². The van der Waals surface area contributed by atoms with Gasteiger partial charge >= 0.3 is 0 Å². The molecule has 0 radical (unpaired) electrons. The maximum absolute atomic E-state index is 3.98. The third-order valence-corrected chi connectivity index (χ3v) is 4.84. The molecule has 0 atom stereocenters. The predicted molar refractivity (Wildman–Crippen MR) is 115 cm³/mol. The summed E-state index contributed by atoms with van der Waals surface area (Å²) >= 11 is 0. The first-order chi connectivity index (χ1) is 12.3. The average Bonchev–Trinajstić information content (AvgIpc) is 2.63. The van der Waals surface area contributed by atoms with Gasteiger partial charge < -0.3 is 0 Å². The highest BCUT2D eigenvalue weighted by molar-refractivity contribution is 5.69. The van der Waals surface area contributed by atoms with Gasteiger partial charge in [0.1, 0.15) is 0 Å². The molecule has 0 bridgehead atoms. The van der Waals surface area contributed by atoms with Crippen LogP contribution < -0.4 is 0 Å². The van der Waals surface area contributed by atoms with E-state index < -0.39 is 0 Å². The van der Waals surface area contributed by atoms with Crippen LogP contribution in [0.1, 0.15) is 48.6 Å². The number of rotatable bonds is 4. The van der Waals surface area contributed by atoms with Gasteiger partial charge in [-0.1, -0.05) is 99.7 Å². The molecule has 0 saturated carbocycles. The molecule has 0 spiro atoms. The Bertz CT molecular complexity index is 906. The van der Waals surface area contributed by atoms with Crippen LogP contribution in [0, 0.1) is 6.92 Å². The Kier molecular flexibility index (Phi) is 5.13. The first-order valence-corrected chi connectivity index (χ1v) is 9.28. The summed E-state index contributed by atoms with van der Waals surface area (Å²) < 4.78 is 0. The molecule has 26 heavy (non-hydrogen) atoms. The van der Waals surface area contributed by atoms with Gasteiger partial charge in [0.25, 0.3) is 0 Å². The third-order valence-electron chi connectivity index (χ3n) is 4.84. The fourth-order valence-electron chi connectivity index (χ4n) is 3.21. The molecule has 0 aliphatic rings. The minimum Gasteiger partial charge on any atom is -0.0985 e. The summed E-state index contributed by atoms with van der Waals surface area (Å²) in [7, 11) is 0. The first kappa shape index (κ1) is 18.2. The fraction of sp³-hybridized carbons (Fsp3) is 0.231. The van der Waals surface area contributed by atoms with Crippen molar-refractivity contribution in [2.45, 2.75) is 39.5 Å². The van der Waals surface area contributed by atoms with E-state index in [-0.39, 0.29) is 5.41 Å². The maximum atomic E-state index is 3.98. The molecule has 0 amide bonds. The average molecular weight is 341 g/mol. The lowest BCUT2D eigenvalue weighted by Crippen LogP contribution is -2.10. The molecule has 0 aliphatic carbocycles. The van der Waals surface area contributed by atoms with Gasteiger partial charge in [-0.2, -0.15) is 0 Å². The minimum atomic E-state index is 0.150. The van der Waals surface area contributed by atoms with E-state index in [1.165, 1.54) is 38.9 Å². The standard InChI is InChI=1S/C26H28/c1-6-20-14-22(15-21-12-10-19(2)11-13-21)17-24(16-20)23-8-7-9-25(18-23)26(3,4)5/h6-14,16-18H,1,15H2,2-5H3. The van der Waals surface area contributed by atoms with Gasteiger partial charge in [-0.3, -0.25) is 0 Å². The Hall–Kier alpha value is -2.60. The number of benzene rings is 3. The summed E-state index contributed by atoms with van der Waals surface area (Å²) in [5.41, 5.74) is 9.17. The minimum absolute atomic E-state index is 0.150. The summed E-state index contributed by atoms with van der Waals surface area (Å²) in [6.07, 6.45) is 2.88. The molecule has 0 nitrogen and oxygen atoms in total. The van der Waals surface area contributed by atoms with Crippen LogP contribution in [-0.4, -0.2) is 0 Å². The second kappa shape index (κ2) is 7.33. The topological polar surface area (TPSA) is 0 Å². The smallest absolute Gasteiger partial charge is 0.00253 e. The first-order valence-electron chi connectivity index (χ1n) is 9.28. The van der Waals surface area contributed by atoms with Crippen LogP contribution in [-0.2, 0) is 11.8 Å². The molecule has 0 unspecified atom stereocenters. The summed E-state index contributed by atoms with van der Waals surface area (Å²) in [4.78, 5) is 0. The molecule has 3 aromatic rings. The van der Waals surface area contributed by atoms with Crippen molar-refractivity contribution < 1.29 is 0 Å². The van der Waals surface area contributed by atoms with Crippen LogP contribution in [0.25, 0.3) is 17.2 Å². The van der Waals surface area contributed by atoms with E-state index in [1.807, 2.05) is 6.08 Å². The van der Waals surface area contributed by atoms with E-state index in [4.69, 9.17) is 0 Å². The highest BCUT2D eigenvalue weighted by Crippen LogP contribution is 2.29. The van der Waals surface area contributed by atoms with Crippen LogP contribution >= 0.6 is 0 Å². The molecular weight excluding hydrogens is 312 g/mol. The highest BCUT2D eigenvalue weighted by Gasteiger charge is 2.14. The quantitative estimate of drug-likeness (QED) is 0.471. The van der Waals surface area contributed by atoms with Crippen LogP contribution in [0.3, 0.4) is 0 Å². The van der Waals surface area contributed by atoms with E-state index in [0.29, 0.717) is 0 Å². The Morgan fingerprint density at radius 3 is 2.19 bits per heavy atom. The van der Waals surface area contributed by atoms with Crippen molar-refractivity contribution in [3.63, 3.8) is 0 Å². The van der Waals surface area contributed by atoms with E-state index in [9.17, 15) is 0 Å². The zero-order chi connectivity index (χ0) is 18.7. The zero-order valence-electron chi connectivity index (χ0n) is 16.3. The normalized spacial score (nSPS) is 11.4. The molecule has 0 aliphatic heterocycles. The fourth-order valence-corrected chi connectivity index (χ4v) is 3.21. The predicted octanol–water partition coefficient (Wildman–Crippen LogP) is 7.19. The lowest BCUT2D eigenvalue weighted by Gasteiger charge is -2.20. The van der Waals surface area contributed by atoms with E-state index >= 15 is 0 Å². The largest absolute Gasteiger partial charge is 0.0985 e. The van der Waals surface area contributed by atoms with Gasteiger partial charge in [-0.25, -0.2) is 0 Å². The van der Waals surface area contributed by atoms with Gasteiger partial charge in [-0.15, -0.1) is 0 Å². The van der Waals surface area contributed by atoms with Crippen molar-refractivity contribution in [1.29, 1.82) is 0 Å². The van der Waals surface area contributed by atoms with Crippen LogP contribution in [0.2, 0.25) is 0 Å². The summed E-state index contributed by atoms with van der Waals surface area (Å²) in [5.74, 6) is 0. The number of aryl methyl sites for hydroxylation is 1. The summed E-state index contributed by atoms with van der Waals surface area (Å²) in [6.45, 7) is 12.9. The van der Waals surface area contributed by atoms with Crippen LogP contribution in [0.5, 0.6) is 0 Å². The Morgan fingerprint density at radius 1 is 0.808 bits per heavy atom. The Labute approximate surface area is 158 Å². The molecule has 0 saturated heterocycles. The van der Waals surface area contributed by atoms with Gasteiger partial charge in [0, 0.05) is 0 Å². The van der Waals surface area contributed by atoms with Crippen LogP contribution in [0.4, 0.5) is 0 Å². The van der Waals surface area contributed by atoms with Gasteiger partial charge in [0.15, 0.2) is 0 Å². The van der Waals surface area contributed by atoms with Gasteiger partial charge in [0.05, 0.1) is 0 Å². The lowest BCUT2D eigenvalue weighted by molar-refractivity contribution is 0.590. The van der Waals surface area contributed by atoms with Crippen molar-refractivity contribution in [2.24, 2.45) is 0 Å². The molecule has 0 fully saturated rings.